The first-order chi connectivity index (χ1) is 12.0. The predicted molar refractivity (Wildman–Crippen MR) is 89.8 cm³/mol. The summed E-state index contributed by atoms with van der Waals surface area (Å²) in [4.78, 5) is 28.2. The largest absolute Gasteiger partial charge is 0.481 e. The first-order valence-corrected chi connectivity index (χ1v) is 8.39. The molecule has 0 spiro atoms. The number of nitrogens with one attached hydrogen (secondary N) is 1. The summed E-state index contributed by atoms with van der Waals surface area (Å²) >= 11 is 0. The van der Waals surface area contributed by atoms with Gasteiger partial charge >= 0.3 is 5.97 Å². The standard InChI is InChI=1S/C18H21FN2O4/c19-13-3-4-16-15(9-13)12(10-20-16)8-17(22)21(6-5-18(23)24)11-14-2-1-7-25-14/h3-4,9-10,14,20H,1-2,5-8,11H2,(H,23,24)/t14-/m1/s1. The summed E-state index contributed by atoms with van der Waals surface area (Å²) in [5, 5.41) is 9.59. The van der Waals surface area contributed by atoms with E-state index in [1.165, 1.54) is 12.1 Å². The number of carbonyl (C=O) groups excluding carboxylic acids is 1. The third-order valence-corrected chi connectivity index (χ3v) is 4.47. The second kappa shape index (κ2) is 7.65. The molecule has 0 unspecified atom stereocenters. The van der Waals surface area contributed by atoms with Crippen LogP contribution >= 0.6 is 0 Å². The number of carboxylic acids is 1. The van der Waals surface area contributed by atoms with Gasteiger partial charge in [-0.1, -0.05) is 0 Å². The van der Waals surface area contributed by atoms with Gasteiger partial charge in [0.05, 0.1) is 18.9 Å². The smallest absolute Gasteiger partial charge is 0.305 e. The number of nitrogens with zero attached hydrogens (tertiary/aromatic N) is 1. The van der Waals surface area contributed by atoms with Crippen LogP contribution in [-0.2, 0) is 20.7 Å². The molecular weight excluding hydrogens is 327 g/mol. The molecule has 2 aromatic rings. The van der Waals surface area contributed by atoms with Crippen molar-refractivity contribution < 1.29 is 23.8 Å². The molecule has 134 valence electrons. The predicted octanol–water partition coefficient (Wildman–Crippen LogP) is 2.33. The molecule has 2 heterocycles. The highest BCUT2D eigenvalue weighted by molar-refractivity contribution is 5.89. The molecule has 3 rings (SSSR count). The Balaban J connectivity index is 1.73. The molecule has 1 saturated heterocycles. The number of rotatable bonds is 7. The molecule has 1 aromatic heterocycles. The zero-order valence-corrected chi connectivity index (χ0v) is 13.8. The van der Waals surface area contributed by atoms with Gasteiger partial charge in [0.1, 0.15) is 5.82 Å². The van der Waals surface area contributed by atoms with Crippen molar-refractivity contribution in [3.8, 4) is 0 Å². The van der Waals surface area contributed by atoms with Crippen molar-refractivity contribution in [2.75, 3.05) is 19.7 Å². The van der Waals surface area contributed by atoms with Crippen molar-refractivity contribution in [1.29, 1.82) is 0 Å². The lowest BCUT2D eigenvalue weighted by molar-refractivity contribution is -0.139. The Morgan fingerprint density at radius 2 is 2.24 bits per heavy atom. The summed E-state index contributed by atoms with van der Waals surface area (Å²) in [7, 11) is 0. The highest BCUT2D eigenvalue weighted by Crippen LogP contribution is 2.21. The van der Waals surface area contributed by atoms with Crippen LogP contribution in [0.15, 0.2) is 24.4 Å². The average molecular weight is 348 g/mol. The van der Waals surface area contributed by atoms with Gasteiger partial charge in [-0.25, -0.2) is 4.39 Å². The molecule has 6 nitrogen and oxygen atoms in total. The molecule has 1 fully saturated rings. The molecule has 1 atom stereocenters. The fourth-order valence-corrected chi connectivity index (χ4v) is 3.15. The van der Waals surface area contributed by atoms with E-state index in [1.807, 2.05) is 0 Å². The van der Waals surface area contributed by atoms with Gasteiger partial charge in [-0.2, -0.15) is 0 Å². The number of hydrogen-bond acceptors (Lipinski definition) is 3. The van der Waals surface area contributed by atoms with E-state index in [1.54, 1.807) is 17.2 Å². The minimum Gasteiger partial charge on any atom is -0.481 e. The van der Waals surface area contributed by atoms with Gasteiger partial charge in [0.2, 0.25) is 5.91 Å². The molecule has 25 heavy (non-hydrogen) atoms. The number of ether oxygens (including phenoxy) is 1. The van der Waals surface area contributed by atoms with E-state index in [0.29, 0.717) is 24.1 Å². The molecule has 0 aliphatic carbocycles. The SMILES string of the molecule is O=C(O)CCN(C[C@H]1CCCO1)C(=O)Cc1c[nH]c2ccc(F)cc12. The summed E-state index contributed by atoms with van der Waals surface area (Å²) in [6.07, 6.45) is 3.46. The number of hydrogen-bond donors (Lipinski definition) is 2. The van der Waals surface area contributed by atoms with E-state index in [9.17, 15) is 14.0 Å². The third-order valence-electron chi connectivity index (χ3n) is 4.47. The zero-order valence-electron chi connectivity index (χ0n) is 13.8. The first kappa shape index (κ1) is 17.4. The lowest BCUT2D eigenvalue weighted by Gasteiger charge is -2.25. The van der Waals surface area contributed by atoms with Crippen LogP contribution in [0.1, 0.15) is 24.8 Å². The highest BCUT2D eigenvalue weighted by Gasteiger charge is 2.23. The van der Waals surface area contributed by atoms with Gasteiger partial charge < -0.3 is 19.7 Å². The fraction of sp³-hybridized carbons (Fsp3) is 0.444. The summed E-state index contributed by atoms with van der Waals surface area (Å²) < 4.78 is 19.0. The monoisotopic (exact) mass is 348 g/mol. The summed E-state index contributed by atoms with van der Waals surface area (Å²) in [5.41, 5.74) is 1.47. The number of aromatic nitrogens is 1. The number of aliphatic carboxylic acids is 1. The van der Waals surface area contributed by atoms with Gasteiger partial charge in [-0.3, -0.25) is 9.59 Å². The van der Waals surface area contributed by atoms with E-state index in [0.717, 1.165) is 18.4 Å². The quantitative estimate of drug-likeness (QED) is 0.804. The number of H-pyrrole nitrogens is 1. The Hall–Kier alpha value is -2.41. The van der Waals surface area contributed by atoms with Crippen LogP contribution in [-0.4, -0.2) is 52.7 Å². The van der Waals surface area contributed by atoms with E-state index in [2.05, 4.69) is 4.98 Å². The Morgan fingerprint density at radius 3 is 2.96 bits per heavy atom. The van der Waals surface area contributed by atoms with Crippen molar-refractivity contribution in [1.82, 2.24) is 9.88 Å². The van der Waals surface area contributed by atoms with E-state index >= 15 is 0 Å². The van der Waals surface area contributed by atoms with Crippen LogP contribution in [0, 0.1) is 5.82 Å². The molecule has 7 heteroatoms. The molecule has 2 N–H and O–H groups in total. The molecule has 0 radical (unpaired) electrons. The summed E-state index contributed by atoms with van der Waals surface area (Å²) in [6, 6.07) is 4.39. The number of aromatic amines is 1. The van der Waals surface area contributed by atoms with Crippen LogP contribution in [0.3, 0.4) is 0 Å². The Bertz CT molecular complexity index is 768. The van der Waals surface area contributed by atoms with Gasteiger partial charge in [-0.15, -0.1) is 0 Å². The summed E-state index contributed by atoms with van der Waals surface area (Å²) in [6.45, 7) is 1.21. The maximum Gasteiger partial charge on any atom is 0.305 e. The first-order valence-electron chi connectivity index (χ1n) is 8.39. The molecule has 1 aromatic carbocycles. The van der Waals surface area contributed by atoms with Crippen molar-refractivity contribution >= 4 is 22.8 Å². The van der Waals surface area contributed by atoms with Gasteiger partial charge in [0.25, 0.3) is 0 Å². The molecule has 0 saturated carbocycles. The van der Waals surface area contributed by atoms with E-state index in [4.69, 9.17) is 9.84 Å². The lowest BCUT2D eigenvalue weighted by atomic mass is 10.1. The minimum atomic E-state index is -0.945. The molecule has 0 bridgehead atoms. The maximum absolute atomic E-state index is 13.5. The third kappa shape index (κ3) is 4.36. The van der Waals surface area contributed by atoms with Crippen LogP contribution in [0.25, 0.3) is 10.9 Å². The number of fused-ring (bicyclic) bond motifs is 1. The molecule has 1 amide bonds. The Morgan fingerprint density at radius 1 is 1.40 bits per heavy atom. The molecule has 1 aliphatic heterocycles. The van der Waals surface area contributed by atoms with E-state index in [-0.39, 0.29) is 37.2 Å². The second-order valence-electron chi connectivity index (χ2n) is 6.30. The van der Waals surface area contributed by atoms with Gasteiger partial charge in [0, 0.05) is 36.8 Å². The number of carbonyl (C=O) groups is 2. The molecular formula is C18H21FN2O4. The van der Waals surface area contributed by atoms with Gasteiger partial charge in [-0.05, 0) is 36.6 Å². The Labute approximate surface area is 144 Å². The molecule has 1 aliphatic rings. The van der Waals surface area contributed by atoms with E-state index < -0.39 is 5.97 Å². The average Bonchev–Trinajstić information content (AvgIpc) is 3.21. The zero-order chi connectivity index (χ0) is 17.8. The second-order valence-corrected chi connectivity index (χ2v) is 6.30. The number of halogens is 1. The number of benzene rings is 1. The minimum absolute atomic E-state index is 0.0434. The Kier molecular flexibility index (Phi) is 5.33. The topological polar surface area (TPSA) is 82.6 Å². The van der Waals surface area contributed by atoms with Crippen LogP contribution in [0.5, 0.6) is 0 Å². The highest BCUT2D eigenvalue weighted by atomic mass is 19.1. The van der Waals surface area contributed by atoms with Gasteiger partial charge in [0.15, 0.2) is 0 Å². The number of amides is 1. The number of carboxylic acid groups (broad SMARTS) is 1. The summed E-state index contributed by atoms with van der Waals surface area (Å²) in [5.74, 6) is -1.48. The van der Waals surface area contributed by atoms with Crippen molar-refractivity contribution in [3.63, 3.8) is 0 Å². The van der Waals surface area contributed by atoms with Crippen molar-refractivity contribution in [2.24, 2.45) is 0 Å². The van der Waals surface area contributed by atoms with Crippen LogP contribution in [0.4, 0.5) is 4.39 Å². The van der Waals surface area contributed by atoms with Crippen molar-refractivity contribution in [3.05, 3.63) is 35.8 Å². The van der Waals surface area contributed by atoms with Crippen LogP contribution < -0.4 is 0 Å². The van der Waals surface area contributed by atoms with Crippen LogP contribution in [0.2, 0.25) is 0 Å². The lowest BCUT2D eigenvalue weighted by Crippen LogP contribution is -2.39. The normalized spacial score (nSPS) is 17.1. The maximum atomic E-state index is 13.5. The fourth-order valence-electron chi connectivity index (χ4n) is 3.15. The van der Waals surface area contributed by atoms with Crippen molar-refractivity contribution in [2.45, 2.75) is 31.8 Å².